The van der Waals surface area contributed by atoms with Crippen LogP contribution in [0, 0.1) is 0 Å². The molecule has 0 saturated carbocycles. The molecule has 11 rings (SSSR count). The van der Waals surface area contributed by atoms with Gasteiger partial charge < -0.3 is 0 Å². The first-order valence-electron chi connectivity index (χ1n) is 20.7. The van der Waals surface area contributed by atoms with Crippen LogP contribution >= 0.6 is 0 Å². The molecule has 11 aromatic rings. The van der Waals surface area contributed by atoms with Crippen molar-refractivity contribution in [1.82, 2.24) is 0 Å². The molecule has 0 aromatic heterocycles. The average molecular weight is 761 g/mol. The van der Waals surface area contributed by atoms with Gasteiger partial charge in [-0.3, -0.25) is 0 Å². The Morgan fingerprint density at radius 3 is 1.02 bits per heavy atom. The lowest BCUT2D eigenvalue weighted by Gasteiger charge is -2.19. The fraction of sp³-hybridized carbons (Fsp3) is 0. The van der Waals surface area contributed by atoms with E-state index < -0.39 is 0 Å². The second kappa shape index (κ2) is 15.2. The molecule has 0 atom stereocenters. The first-order chi connectivity index (χ1) is 29.8. The Labute approximate surface area is 351 Å². The zero-order chi connectivity index (χ0) is 39.8. The van der Waals surface area contributed by atoms with Crippen LogP contribution in [0.5, 0.6) is 0 Å². The molecule has 0 aliphatic carbocycles. The van der Waals surface area contributed by atoms with Crippen LogP contribution in [-0.4, -0.2) is 0 Å². The van der Waals surface area contributed by atoms with Gasteiger partial charge in [-0.25, -0.2) is 0 Å². The van der Waals surface area contributed by atoms with Gasteiger partial charge in [-0.1, -0.05) is 231 Å². The number of benzene rings is 11. The second-order valence-corrected chi connectivity index (χ2v) is 15.6. The third-order valence-corrected chi connectivity index (χ3v) is 12.1. The summed E-state index contributed by atoms with van der Waals surface area (Å²) in [4.78, 5) is 0. The van der Waals surface area contributed by atoms with Gasteiger partial charge in [0.15, 0.2) is 0 Å². The smallest absolute Gasteiger partial charge is 0.00261 e. The molecule has 0 unspecified atom stereocenters. The van der Waals surface area contributed by atoms with E-state index in [0.717, 1.165) is 0 Å². The molecule has 0 amide bonds. The van der Waals surface area contributed by atoms with Gasteiger partial charge in [0.25, 0.3) is 0 Å². The molecule has 0 heteroatoms. The predicted molar refractivity (Wildman–Crippen MR) is 257 cm³/mol. The van der Waals surface area contributed by atoms with Crippen molar-refractivity contribution in [2.24, 2.45) is 0 Å². The van der Waals surface area contributed by atoms with Crippen molar-refractivity contribution in [3.05, 3.63) is 243 Å². The van der Waals surface area contributed by atoms with Crippen molar-refractivity contribution in [2.75, 3.05) is 0 Å². The summed E-state index contributed by atoms with van der Waals surface area (Å²) in [6.07, 6.45) is 0. The number of hydrogen-bond acceptors (Lipinski definition) is 0. The van der Waals surface area contributed by atoms with Crippen LogP contribution < -0.4 is 0 Å². The monoisotopic (exact) mass is 760 g/mol. The maximum atomic E-state index is 2.45. The van der Waals surface area contributed by atoms with Gasteiger partial charge in [0.2, 0.25) is 0 Å². The molecule has 0 fully saturated rings. The minimum absolute atomic E-state index is 1.20. The molecule has 0 radical (unpaired) electrons. The van der Waals surface area contributed by atoms with E-state index in [9.17, 15) is 0 Å². The molecule has 0 nitrogen and oxygen atoms in total. The van der Waals surface area contributed by atoms with E-state index in [1.165, 1.54) is 110 Å². The molecule has 0 bridgehead atoms. The average Bonchev–Trinajstić information content (AvgIpc) is 3.33. The highest BCUT2D eigenvalue weighted by Gasteiger charge is 2.18. The number of rotatable bonds is 7. The summed E-state index contributed by atoms with van der Waals surface area (Å²) in [5.41, 5.74) is 17.1. The van der Waals surface area contributed by atoms with Gasteiger partial charge in [0.05, 0.1) is 0 Å². The van der Waals surface area contributed by atoms with Gasteiger partial charge in [-0.05, 0) is 122 Å². The Morgan fingerprint density at radius 1 is 0.150 bits per heavy atom. The molecule has 0 saturated heterocycles. The van der Waals surface area contributed by atoms with Gasteiger partial charge in [-0.15, -0.1) is 0 Å². The van der Waals surface area contributed by atoms with Crippen molar-refractivity contribution in [1.29, 1.82) is 0 Å². The van der Waals surface area contributed by atoms with E-state index in [4.69, 9.17) is 0 Å². The van der Waals surface area contributed by atoms with Crippen molar-refractivity contribution in [2.45, 2.75) is 0 Å². The van der Waals surface area contributed by atoms with Crippen LogP contribution in [0.1, 0.15) is 0 Å². The van der Waals surface area contributed by atoms with E-state index in [2.05, 4.69) is 243 Å². The molecule has 0 heterocycles. The molecule has 0 spiro atoms. The molecule has 0 N–H and O–H groups in total. The lowest BCUT2D eigenvalue weighted by molar-refractivity contribution is 1.58. The maximum Gasteiger partial charge on any atom is -0.00261 e. The number of hydrogen-bond donors (Lipinski definition) is 0. The first-order valence-corrected chi connectivity index (χ1v) is 20.7. The van der Waals surface area contributed by atoms with Crippen molar-refractivity contribution in [3.8, 4) is 77.9 Å². The Bertz CT molecular complexity index is 3250. The van der Waals surface area contributed by atoms with E-state index >= 15 is 0 Å². The van der Waals surface area contributed by atoms with Gasteiger partial charge in [0.1, 0.15) is 0 Å². The van der Waals surface area contributed by atoms with E-state index in [-0.39, 0.29) is 0 Å². The van der Waals surface area contributed by atoms with Crippen molar-refractivity contribution < 1.29 is 0 Å². The fourth-order valence-electron chi connectivity index (χ4n) is 9.19. The van der Waals surface area contributed by atoms with Crippen LogP contribution in [0.15, 0.2) is 243 Å². The Morgan fingerprint density at radius 2 is 0.500 bits per heavy atom. The predicted octanol–water partition coefficient (Wildman–Crippen LogP) is 16.8. The minimum Gasteiger partial charge on any atom is -0.0622 e. The van der Waals surface area contributed by atoms with Crippen molar-refractivity contribution >= 4 is 32.3 Å². The summed E-state index contributed by atoms with van der Waals surface area (Å²) in [5.74, 6) is 0. The second-order valence-electron chi connectivity index (χ2n) is 15.6. The highest BCUT2D eigenvalue weighted by Crippen LogP contribution is 2.46. The third-order valence-electron chi connectivity index (χ3n) is 12.1. The fourth-order valence-corrected chi connectivity index (χ4v) is 9.19. The lowest BCUT2D eigenvalue weighted by Crippen LogP contribution is -1.92. The summed E-state index contributed by atoms with van der Waals surface area (Å²) < 4.78 is 0. The van der Waals surface area contributed by atoms with Crippen molar-refractivity contribution in [3.63, 3.8) is 0 Å². The Hall–Kier alpha value is -7.80. The Kier molecular flexibility index (Phi) is 8.95. The largest absolute Gasteiger partial charge is 0.0622 e. The normalized spacial score (nSPS) is 11.3. The quantitative estimate of drug-likeness (QED) is 0.142. The zero-order valence-electron chi connectivity index (χ0n) is 33.1. The van der Waals surface area contributed by atoms with Crippen LogP contribution in [0.3, 0.4) is 0 Å². The summed E-state index contributed by atoms with van der Waals surface area (Å²) in [7, 11) is 0. The topological polar surface area (TPSA) is 0 Å². The summed E-state index contributed by atoms with van der Waals surface area (Å²) in [6.45, 7) is 0. The summed E-state index contributed by atoms with van der Waals surface area (Å²) in [5, 5.41) is 7.49. The SMILES string of the molecule is c1ccc(-c2ccc(-c3cccc(-c4ccc(-c5ccc(-c6ccccc6)cc5)c5ccc(-c6c7ccccc7c(-c7ccccc7)c7ccccc67)cc45)c3)cc2)cc1. The van der Waals surface area contributed by atoms with Gasteiger partial charge in [0, 0.05) is 0 Å². The molecule has 0 aliphatic rings. The molecule has 11 aromatic carbocycles. The van der Waals surface area contributed by atoms with Crippen LogP contribution in [0.4, 0.5) is 0 Å². The minimum atomic E-state index is 1.20. The molecule has 0 aliphatic heterocycles. The summed E-state index contributed by atoms with van der Waals surface area (Å²) in [6, 6.07) is 88.7. The standard InChI is InChI=1S/C60H40/c1-4-15-41(16-5-1)43-27-29-45(30-28-43)48-21-14-22-49(39-48)52-38-37-51(46-33-31-44(32-34-46)42-17-6-2-7-18-42)53-36-35-50(40-58(52)53)60-56-25-12-10-23-54(56)59(47-19-8-3-9-20-47)55-24-11-13-26-57(55)60/h1-40H. The maximum absolute atomic E-state index is 2.45. The molecule has 60 heavy (non-hydrogen) atoms. The first kappa shape index (κ1) is 35.4. The van der Waals surface area contributed by atoms with E-state index in [0.29, 0.717) is 0 Å². The lowest BCUT2D eigenvalue weighted by atomic mass is 9.84. The van der Waals surface area contributed by atoms with Gasteiger partial charge in [-0.2, -0.15) is 0 Å². The molecular weight excluding hydrogens is 721 g/mol. The van der Waals surface area contributed by atoms with E-state index in [1.54, 1.807) is 0 Å². The zero-order valence-corrected chi connectivity index (χ0v) is 33.1. The highest BCUT2D eigenvalue weighted by atomic mass is 14.2. The number of fused-ring (bicyclic) bond motifs is 3. The molecular formula is C60H40. The summed E-state index contributed by atoms with van der Waals surface area (Å²) >= 11 is 0. The van der Waals surface area contributed by atoms with Crippen LogP contribution in [0.25, 0.3) is 110 Å². The third kappa shape index (κ3) is 6.36. The van der Waals surface area contributed by atoms with Gasteiger partial charge >= 0.3 is 0 Å². The molecule has 280 valence electrons. The van der Waals surface area contributed by atoms with Crippen LogP contribution in [-0.2, 0) is 0 Å². The van der Waals surface area contributed by atoms with E-state index in [1.807, 2.05) is 0 Å². The Balaban J connectivity index is 1.11. The highest BCUT2D eigenvalue weighted by molar-refractivity contribution is 6.22. The van der Waals surface area contributed by atoms with Crippen LogP contribution in [0.2, 0.25) is 0 Å².